The molecule has 1 amide bonds. The number of amides is 1. The maximum Gasteiger partial charge on any atom is 0.257 e. The van der Waals surface area contributed by atoms with Crippen molar-refractivity contribution < 1.29 is 4.79 Å². The maximum atomic E-state index is 13.0. The number of carbonyl (C=O) groups excluding carboxylic acids is 1. The highest BCUT2D eigenvalue weighted by molar-refractivity contribution is 5.94. The second-order valence-corrected chi connectivity index (χ2v) is 6.39. The number of aryl methyl sites for hydroxylation is 1. The Kier molecular flexibility index (Phi) is 4.17. The summed E-state index contributed by atoms with van der Waals surface area (Å²) in [7, 11) is 0. The maximum absolute atomic E-state index is 13.0. The molecule has 0 spiro atoms. The smallest absolute Gasteiger partial charge is 0.257 e. The monoisotopic (exact) mass is 335 g/mol. The highest BCUT2D eigenvalue weighted by Crippen LogP contribution is 2.31. The number of likely N-dealkylation sites (tertiary alicyclic amines) is 1. The van der Waals surface area contributed by atoms with Crippen molar-refractivity contribution in [1.82, 2.24) is 24.8 Å². The van der Waals surface area contributed by atoms with Gasteiger partial charge in [-0.15, -0.1) is 0 Å². The van der Waals surface area contributed by atoms with Crippen LogP contribution in [0.2, 0.25) is 0 Å². The average Bonchev–Trinajstić information content (AvgIpc) is 3.11. The average molecular weight is 335 g/mol. The summed E-state index contributed by atoms with van der Waals surface area (Å²) < 4.78 is 0. The van der Waals surface area contributed by atoms with E-state index in [9.17, 15) is 4.79 Å². The van der Waals surface area contributed by atoms with Gasteiger partial charge in [0, 0.05) is 25.4 Å². The van der Waals surface area contributed by atoms with Crippen LogP contribution >= 0.6 is 0 Å². The molecule has 128 valence electrons. The SMILES string of the molecule is CCc1ncc(C(=O)N2CCCCC2c2nc3ccccc3[nH]2)cn1. The Morgan fingerprint density at radius 1 is 1.24 bits per heavy atom. The van der Waals surface area contributed by atoms with E-state index in [1.54, 1.807) is 12.4 Å². The van der Waals surface area contributed by atoms with Gasteiger partial charge in [-0.25, -0.2) is 15.0 Å². The molecule has 1 unspecified atom stereocenters. The third-order valence-electron chi connectivity index (χ3n) is 4.76. The van der Waals surface area contributed by atoms with Crippen LogP contribution in [0.5, 0.6) is 0 Å². The highest BCUT2D eigenvalue weighted by Gasteiger charge is 2.31. The Bertz CT molecular complexity index is 853. The number of carbonyl (C=O) groups is 1. The Hall–Kier alpha value is -2.76. The normalized spacial score (nSPS) is 17.8. The van der Waals surface area contributed by atoms with Gasteiger partial charge in [0.1, 0.15) is 11.6 Å². The van der Waals surface area contributed by atoms with Gasteiger partial charge >= 0.3 is 0 Å². The number of rotatable bonds is 3. The molecule has 2 aromatic heterocycles. The highest BCUT2D eigenvalue weighted by atomic mass is 16.2. The number of aromatic amines is 1. The summed E-state index contributed by atoms with van der Waals surface area (Å²) in [5.41, 5.74) is 2.48. The summed E-state index contributed by atoms with van der Waals surface area (Å²) in [5.74, 6) is 1.59. The van der Waals surface area contributed by atoms with E-state index in [2.05, 4.69) is 15.0 Å². The van der Waals surface area contributed by atoms with Gasteiger partial charge in [0.25, 0.3) is 5.91 Å². The molecule has 0 bridgehead atoms. The zero-order chi connectivity index (χ0) is 17.2. The molecule has 25 heavy (non-hydrogen) atoms. The molecule has 1 aliphatic rings. The lowest BCUT2D eigenvalue weighted by Crippen LogP contribution is -2.39. The number of hydrogen-bond donors (Lipinski definition) is 1. The van der Waals surface area contributed by atoms with E-state index in [1.165, 1.54) is 0 Å². The van der Waals surface area contributed by atoms with Crippen molar-refractivity contribution in [3.63, 3.8) is 0 Å². The fraction of sp³-hybridized carbons (Fsp3) is 0.368. The topological polar surface area (TPSA) is 74.8 Å². The number of hydrogen-bond acceptors (Lipinski definition) is 4. The van der Waals surface area contributed by atoms with Gasteiger partial charge in [0.05, 0.1) is 22.6 Å². The Labute approximate surface area is 146 Å². The summed E-state index contributed by atoms with van der Waals surface area (Å²) in [6.07, 6.45) is 7.06. The van der Waals surface area contributed by atoms with Gasteiger partial charge in [-0.2, -0.15) is 0 Å². The van der Waals surface area contributed by atoms with Crippen LogP contribution < -0.4 is 0 Å². The predicted molar refractivity (Wildman–Crippen MR) is 95.1 cm³/mol. The van der Waals surface area contributed by atoms with Crippen molar-refractivity contribution in [2.24, 2.45) is 0 Å². The standard InChI is InChI=1S/C19H21N5O/c1-2-17-20-11-13(12-21-17)19(25)24-10-6-5-9-16(24)18-22-14-7-3-4-8-15(14)23-18/h3-4,7-8,11-12,16H,2,5-6,9-10H2,1H3,(H,22,23). The number of imidazole rings is 1. The van der Waals surface area contributed by atoms with E-state index >= 15 is 0 Å². The van der Waals surface area contributed by atoms with Crippen LogP contribution in [0.25, 0.3) is 11.0 Å². The summed E-state index contributed by atoms with van der Waals surface area (Å²) in [6, 6.07) is 7.93. The van der Waals surface area contributed by atoms with E-state index < -0.39 is 0 Å². The van der Waals surface area contributed by atoms with Gasteiger partial charge < -0.3 is 9.88 Å². The molecule has 1 saturated heterocycles. The number of nitrogens with one attached hydrogen (secondary N) is 1. The molecule has 1 N–H and O–H groups in total. The summed E-state index contributed by atoms with van der Waals surface area (Å²) in [5, 5.41) is 0. The fourth-order valence-electron chi connectivity index (χ4n) is 3.40. The van der Waals surface area contributed by atoms with Crippen LogP contribution in [0.3, 0.4) is 0 Å². The predicted octanol–water partition coefficient (Wildman–Crippen LogP) is 3.28. The lowest BCUT2D eigenvalue weighted by molar-refractivity contribution is 0.0600. The first-order valence-electron chi connectivity index (χ1n) is 8.83. The van der Waals surface area contributed by atoms with Crippen LogP contribution in [0, 0.1) is 0 Å². The van der Waals surface area contributed by atoms with Gasteiger partial charge in [-0.3, -0.25) is 4.79 Å². The van der Waals surface area contributed by atoms with Crippen molar-refractivity contribution in [2.75, 3.05) is 6.54 Å². The van der Waals surface area contributed by atoms with Crippen LogP contribution in [-0.2, 0) is 6.42 Å². The molecular weight excluding hydrogens is 314 g/mol. The van der Waals surface area contributed by atoms with E-state index in [-0.39, 0.29) is 11.9 Å². The van der Waals surface area contributed by atoms with E-state index in [0.717, 1.165) is 54.9 Å². The van der Waals surface area contributed by atoms with Crippen molar-refractivity contribution >= 4 is 16.9 Å². The zero-order valence-corrected chi connectivity index (χ0v) is 14.3. The zero-order valence-electron chi connectivity index (χ0n) is 14.3. The van der Waals surface area contributed by atoms with Gasteiger partial charge in [-0.05, 0) is 31.4 Å². The molecule has 3 aromatic rings. The van der Waals surface area contributed by atoms with Crippen molar-refractivity contribution in [2.45, 2.75) is 38.6 Å². The second-order valence-electron chi connectivity index (χ2n) is 6.39. The Morgan fingerprint density at radius 2 is 2.04 bits per heavy atom. The number of piperidine rings is 1. The molecular formula is C19H21N5O. The molecule has 0 aliphatic carbocycles. The number of aromatic nitrogens is 4. The Balaban J connectivity index is 1.64. The molecule has 4 rings (SSSR count). The van der Waals surface area contributed by atoms with Crippen molar-refractivity contribution in [3.05, 3.63) is 53.9 Å². The molecule has 1 aliphatic heterocycles. The third-order valence-corrected chi connectivity index (χ3v) is 4.76. The van der Waals surface area contributed by atoms with E-state index in [1.807, 2.05) is 36.1 Å². The molecule has 1 atom stereocenters. The van der Waals surface area contributed by atoms with Crippen molar-refractivity contribution in [3.8, 4) is 0 Å². The molecule has 3 heterocycles. The number of H-pyrrole nitrogens is 1. The lowest BCUT2D eigenvalue weighted by atomic mass is 10.0. The fourth-order valence-corrected chi connectivity index (χ4v) is 3.40. The molecule has 6 heteroatoms. The van der Waals surface area contributed by atoms with Gasteiger partial charge in [-0.1, -0.05) is 19.1 Å². The lowest BCUT2D eigenvalue weighted by Gasteiger charge is -2.34. The van der Waals surface area contributed by atoms with Crippen LogP contribution in [0.4, 0.5) is 0 Å². The largest absolute Gasteiger partial charge is 0.340 e. The summed E-state index contributed by atoms with van der Waals surface area (Å²) >= 11 is 0. The van der Waals surface area contributed by atoms with Crippen molar-refractivity contribution in [1.29, 1.82) is 0 Å². The van der Waals surface area contributed by atoms with Crippen LogP contribution in [0.15, 0.2) is 36.7 Å². The number of nitrogens with zero attached hydrogens (tertiary/aromatic N) is 4. The first kappa shape index (κ1) is 15.7. The number of fused-ring (bicyclic) bond motifs is 1. The first-order valence-corrected chi connectivity index (χ1v) is 8.83. The molecule has 6 nitrogen and oxygen atoms in total. The molecule has 1 aromatic carbocycles. The quantitative estimate of drug-likeness (QED) is 0.797. The molecule has 0 radical (unpaired) electrons. The van der Waals surface area contributed by atoms with Gasteiger partial charge in [0.2, 0.25) is 0 Å². The number of para-hydroxylation sites is 2. The number of benzene rings is 1. The van der Waals surface area contributed by atoms with E-state index in [4.69, 9.17) is 4.98 Å². The third kappa shape index (κ3) is 2.99. The summed E-state index contributed by atoms with van der Waals surface area (Å²) in [6.45, 7) is 2.73. The van der Waals surface area contributed by atoms with E-state index in [0.29, 0.717) is 5.56 Å². The van der Waals surface area contributed by atoms with Crippen LogP contribution in [-0.4, -0.2) is 37.3 Å². The minimum absolute atomic E-state index is 0.0205. The Morgan fingerprint density at radius 3 is 2.80 bits per heavy atom. The first-order chi connectivity index (χ1) is 12.3. The van der Waals surface area contributed by atoms with Crippen LogP contribution in [0.1, 0.15) is 54.2 Å². The minimum Gasteiger partial charge on any atom is -0.340 e. The van der Waals surface area contributed by atoms with Gasteiger partial charge in [0.15, 0.2) is 0 Å². The molecule has 1 fully saturated rings. The minimum atomic E-state index is -0.0282. The molecule has 0 saturated carbocycles. The summed E-state index contributed by atoms with van der Waals surface area (Å²) in [4.78, 5) is 31.5. The second kappa shape index (κ2) is 6.63.